The average Bonchev–Trinajstić information content (AvgIpc) is 3.32. The summed E-state index contributed by atoms with van der Waals surface area (Å²) >= 11 is 0. The van der Waals surface area contributed by atoms with E-state index in [1.54, 1.807) is 65.1 Å². The Morgan fingerprint density at radius 2 is 1.50 bits per heavy atom. The number of ketones is 1. The number of benzene rings is 1. The van der Waals surface area contributed by atoms with Gasteiger partial charge in [-0.25, -0.2) is 18.9 Å². The quantitative estimate of drug-likeness (QED) is 0.551. The van der Waals surface area contributed by atoms with Crippen LogP contribution in [0, 0.1) is 18.8 Å². The Balaban J connectivity index is 2.19. The maximum atomic E-state index is 13.5. The van der Waals surface area contributed by atoms with Crippen molar-refractivity contribution in [3.8, 4) is 5.69 Å². The van der Waals surface area contributed by atoms with Gasteiger partial charge in [-0.1, -0.05) is 34.6 Å². The Morgan fingerprint density at radius 1 is 0.938 bits per heavy atom. The van der Waals surface area contributed by atoms with Crippen LogP contribution in [-0.4, -0.2) is 36.3 Å². The highest BCUT2D eigenvalue weighted by molar-refractivity contribution is 6.11. The number of aryl methyl sites for hydroxylation is 1. The summed E-state index contributed by atoms with van der Waals surface area (Å²) in [7, 11) is 0. The Hall–Kier alpha value is -3.55. The maximum absolute atomic E-state index is 13.5. The molecule has 0 unspecified atom stereocenters. The topological polar surface area (TPSA) is 96.0 Å². The van der Waals surface area contributed by atoms with Crippen molar-refractivity contribution >= 4 is 17.6 Å². The van der Waals surface area contributed by atoms with Crippen molar-refractivity contribution in [2.45, 2.75) is 48.0 Å². The summed E-state index contributed by atoms with van der Waals surface area (Å²) in [6, 6.07) is 6.84. The van der Waals surface area contributed by atoms with Gasteiger partial charge >= 0.3 is 5.69 Å². The van der Waals surface area contributed by atoms with Gasteiger partial charge in [0.2, 0.25) is 17.6 Å². The highest BCUT2D eigenvalue weighted by atomic mass is 16.2. The number of aromatic nitrogens is 4. The molecule has 1 aromatic carbocycles. The predicted molar refractivity (Wildman–Crippen MR) is 121 cm³/mol. The van der Waals surface area contributed by atoms with E-state index < -0.39 is 35.1 Å². The number of nitrogens with zero attached hydrogens (tertiary/aromatic N) is 4. The molecule has 2 aromatic heterocycles. The summed E-state index contributed by atoms with van der Waals surface area (Å²) in [5.74, 6) is -1.63. The number of rotatable bonds is 6. The van der Waals surface area contributed by atoms with E-state index in [9.17, 15) is 19.2 Å². The minimum Gasteiger partial charge on any atom is -0.304 e. The average molecular weight is 437 g/mol. The van der Waals surface area contributed by atoms with Crippen LogP contribution in [0.2, 0.25) is 0 Å². The Bertz CT molecular complexity index is 1240. The molecule has 3 rings (SSSR count). The standard InChI is InChI=1S/C24H28N4O4/c1-7-19-20(28(23(31)15(4)5)24(32)27(19)22(30)14(2)3)21(29)17-8-10-18(11-9-17)26-13-12-25-16(26)6/h8-15H,7H2,1-6H3. The first-order valence-corrected chi connectivity index (χ1v) is 10.7. The van der Waals surface area contributed by atoms with Crippen LogP contribution in [-0.2, 0) is 6.42 Å². The number of imidazole rings is 2. The molecule has 0 bridgehead atoms. The van der Waals surface area contributed by atoms with Crippen molar-refractivity contribution in [2.75, 3.05) is 0 Å². The summed E-state index contributed by atoms with van der Waals surface area (Å²) in [4.78, 5) is 56.6. The molecule has 32 heavy (non-hydrogen) atoms. The fourth-order valence-corrected chi connectivity index (χ4v) is 3.61. The third-order valence-corrected chi connectivity index (χ3v) is 5.36. The third-order valence-electron chi connectivity index (χ3n) is 5.36. The summed E-state index contributed by atoms with van der Waals surface area (Å²) in [5, 5.41) is 0. The highest BCUT2D eigenvalue weighted by Crippen LogP contribution is 2.20. The second-order valence-electron chi connectivity index (χ2n) is 8.31. The summed E-state index contributed by atoms with van der Waals surface area (Å²) in [5.41, 5.74) is 0.573. The molecular weight excluding hydrogens is 408 g/mol. The van der Waals surface area contributed by atoms with E-state index in [0.717, 1.165) is 20.6 Å². The van der Waals surface area contributed by atoms with E-state index in [1.807, 2.05) is 17.7 Å². The van der Waals surface area contributed by atoms with Crippen molar-refractivity contribution < 1.29 is 14.4 Å². The zero-order valence-electron chi connectivity index (χ0n) is 19.2. The largest absolute Gasteiger partial charge is 0.342 e. The van der Waals surface area contributed by atoms with Crippen LogP contribution >= 0.6 is 0 Å². The number of hydrogen-bond donors (Lipinski definition) is 0. The van der Waals surface area contributed by atoms with E-state index in [-0.39, 0.29) is 17.8 Å². The van der Waals surface area contributed by atoms with Gasteiger partial charge in [0, 0.05) is 35.5 Å². The predicted octanol–water partition coefficient (Wildman–Crippen LogP) is 3.53. The molecule has 0 saturated heterocycles. The molecule has 0 radical (unpaired) electrons. The van der Waals surface area contributed by atoms with Crippen molar-refractivity contribution in [1.82, 2.24) is 18.7 Å². The molecule has 0 atom stereocenters. The van der Waals surface area contributed by atoms with E-state index in [2.05, 4.69) is 4.98 Å². The van der Waals surface area contributed by atoms with E-state index in [4.69, 9.17) is 0 Å². The fraction of sp³-hybridized carbons (Fsp3) is 0.375. The molecule has 0 aliphatic heterocycles. The SMILES string of the molecule is CCc1c(C(=O)c2ccc(-n3ccnc3C)cc2)n(C(=O)C(C)C)c(=O)n1C(=O)C(C)C. The molecule has 168 valence electrons. The molecular formula is C24H28N4O4. The molecule has 0 amide bonds. The normalized spacial score (nSPS) is 11.4. The van der Waals surface area contributed by atoms with Gasteiger partial charge in [0.05, 0.1) is 5.69 Å². The van der Waals surface area contributed by atoms with Crippen LogP contribution in [0.1, 0.15) is 71.8 Å². The zero-order valence-corrected chi connectivity index (χ0v) is 19.2. The van der Waals surface area contributed by atoms with Crippen molar-refractivity contribution in [1.29, 1.82) is 0 Å². The van der Waals surface area contributed by atoms with Crippen molar-refractivity contribution in [2.24, 2.45) is 11.8 Å². The molecule has 0 saturated carbocycles. The van der Waals surface area contributed by atoms with Crippen LogP contribution in [0.25, 0.3) is 5.69 Å². The van der Waals surface area contributed by atoms with Crippen LogP contribution in [0.3, 0.4) is 0 Å². The lowest BCUT2D eigenvalue weighted by Gasteiger charge is -2.11. The van der Waals surface area contributed by atoms with Gasteiger partial charge in [-0.2, -0.15) is 0 Å². The molecule has 3 aromatic rings. The van der Waals surface area contributed by atoms with Crippen LogP contribution in [0.4, 0.5) is 0 Å². The van der Waals surface area contributed by atoms with Gasteiger partial charge in [0.1, 0.15) is 11.5 Å². The van der Waals surface area contributed by atoms with Gasteiger partial charge in [-0.15, -0.1) is 0 Å². The first kappa shape index (κ1) is 23.1. The molecule has 0 spiro atoms. The zero-order chi connectivity index (χ0) is 23.7. The van der Waals surface area contributed by atoms with Crippen LogP contribution < -0.4 is 5.69 Å². The molecule has 0 aliphatic rings. The van der Waals surface area contributed by atoms with E-state index in [0.29, 0.717) is 5.56 Å². The molecule has 8 heteroatoms. The van der Waals surface area contributed by atoms with Gasteiger partial charge in [0.25, 0.3) is 0 Å². The summed E-state index contributed by atoms with van der Waals surface area (Å²) in [6.45, 7) is 10.3. The molecule has 8 nitrogen and oxygen atoms in total. The van der Waals surface area contributed by atoms with Gasteiger partial charge in [0.15, 0.2) is 0 Å². The molecule has 0 fully saturated rings. The van der Waals surface area contributed by atoms with E-state index in [1.165, 1.54) is 0 Å². The smallest absolute Gasteiger partial charge is 0.304 e. The Morgan fingerprint density at radius 3 is 1.97 bits per heavy atom. The van der Waals surface area contributed by atoms with Crippen LogP contribution in [0.15, 0.2) is 41.5 Å². The monoisotopic (exact) mass is 436 g/mol. The lowest BCUT2D eigenvalue weighted by molar-refractivity contribution is 0.0827. The Kier molecular flexibility index (Phi) is 6.43. The number of hydrogen-bond acceptors (Lipinski definition) is 5. The van der Waals surface area contributed by atoms with Crippen molar-refractivity contribution in [3.63, 3.8) is 0 Å². The number of carbonyl (C=O) groups is 3. The maximum Gasteiger partial charge on any atom is 0.342 e. The second kappa shape index (κ2) is 8.90. The third kappa shape index (κ3) is 3.88. The van der Waals surface area contributed by atoms with Gasteiger partial charge in [-0.05, 0) is 37.6 Å². The minimum atomic E-state index is -0.784. The van der Waals surface area contributed by atoms with Gasteiger partial charge in [-0.3, -0.25) is 14.4 Å². The van der Waals surface area contributed by atoms with E-state index >= 15 is 0 Å². The lowest BCUT2D eigenvalue weighted by Crippen LogP contribution is -2.36. The first-order chi connectivity index (χ1) is 15.1. The lowest BCUT2D eigenvalue weighted by atomic mass is 10.0. The molecule has 0 N–H and O–H groups in total. The van der Waals surface area contributed by atoms with Crippen LogP contribution in [0.5, 0.6) is 0 Å². The summed E-state index contributed by atoms with van der Waals surface area (Å²) < 4.78 is 3.74. The van der Waals surface area contributed by atoms with Gasteiger partial charge < -0.3 is 4.57 Å². The first-order valence-electron chi connectivity index (χ1n) is 10.7. The Labute approximate surface area is 186 Å². The second-order valence-corrected chi connectivity index (χ2v) is 8.31. The number of carbonyl (C=O) groups excluding carboxylic acids is 3. The highest BCUT2D eigenvalue weighted by Gasteiger charge is 2.32. The summed E-state index contributed by atoms with van der Waals surface area (Å²) in [6.07, 6.45) is 3.75. The fourth-order valence-electron chi connectivity index (χ4n) is 3.61. The van der Waals surface area contributed by atoms with Crippen molar-refractivity contribution in [3.05, 3.63) is 69.9 Å². The molecule has 0 aliphatic carbocycles. The molecule has 2 heterocycles. The minimum absolute atomic E-state index is 0.0447.